The molecule has 2 saturated heterocycles. The maximum Gasteiger partial charge on any atom is 0.0698 e. The summed E-state index contributed by atoms with van der Waals surface area (Å²) in [4.78, 5) is 0. The molecule has 2 aliphatic rings. The van der Waals surface area contributed by atoms with Crippen molar-refractivity contribution in [3.05, 3.63) is 0 Å². The van der Waals surface area contributed by atoms with Crippen LogP contribution >= 0.6 is 0 Å². The molecule has 2 rings (SSSR count). The number of piperidine rings is 1. The molecule has 2 aliphatic heterocycles. The summed E-state index contributed by atoms with van der Waals surface area (Å²) in [5, 5.41) is 3.58. The van der Waals surface area contributed by atoms with Gasteiger partial charge >= 0.3 is 0 Å². The Kier molecular flexibility index (Phi) is 5.59. The van der Waals surface area contributed by atoms with E-state index in [-0.39, 0.29) is 11.1 Å². The Morgan fingerprint density at radius 2 is 1.72 bits per heavy atom. The van der Waals surface area contributed by atoms with Gasteiger partial charge in [0.2, 0.25) is 0 Å². The van der Waals surface area contributed by atoms with E-state index in [1.54, 1.807) is 0 Å². The van der Waals surface area contributed by atoms with Gasteiger partial charge in [0.05, 0.1) is 6.10 Å². The van der Waals surface area contributed by atoms with Crippen LogP contribution < -0.4 is 16.8 Å². The van der Waals surface area contributed by atoms with Gasteiger partial charge in [-0.15, -0.1) is 0 Å². The zero-order valence-electron chi connectivity index (χ0n) is 12.5. The van der Waals surface area contributed by atoms with Crippen molar-refractivity contribution in [1.29, 1.82) is 0 Å². The number of hydrogen-bond donors (Lipinski definition) is 3. The van der Waals surface area contributed by atoms with E-state index in [0.29, 0.717) is 18.7 Å². The quantitative estimate of drug-likeness (QED) is 0.663. The van der Waals surface area contributed by atoms with E-state index in [4.69, 9.17) is 16.2 Å². The van der Waals surface area contributed by atoms with Crippen molar-refractivity contribution >= 4 is 0 Å². The minimum atomic E-state index is 0.209. The van der Waals surface area contributed by atoms with E-state index < -0.39 is 0 Å². The maximum absolute atomic E-state index is 5.95. The molecular weight excluding hydrogens is 226 g/mol. The van der Waals surface area contributed by atoms with E-state index in [2.05, 4.69) is 33.0 Å². The van der Waals surface area contributed by atoms with Crippen molar-refractivity contribution < 1.29 is 4.74 Å². The minimum absolute atomic E-state index is 0.209. The molecule has 0 aromatic heterocycles. The Hall–Kier alpha value is -0.160. The summed E-state index contributed by atoms with van der Waals surface area (Å²) in [5.74, 6) is 0. The summed E-state index contributed by atoms with van der Waals surface area (Å²) in [6.45, 7) is 10.5. The number of ether oxygens (including phenoxy) is 1. The monoisotopic (exact) mass is 257 g/mol. The Balaban J connectivity index is 0.000000199. The molecule has 0 saturated carbocycles. The average Bonchev–Trinajstić information content (AvgIpc) is 2.64. The molecule has 2 heterocycles. The van der Waals surface area contributed by atoms with Crippen molar-refractivity contribution in [2.75, 3.05) is 13.2 Å². The zero-order valence-corrected chi connectivity index (χ0v) is 12.5. The molecular formula is C14H31N3O. The largest absolute Gasteiger partial charge is 0.377 e. The van der Waals surface area contributed by atoms with E-state index in [0.717, 1.165) is 25.9 Å². The predicted molar refractivity (Wildman–Crippen MR) is 76.5 cm³/mol. The maximum atomic E-state index is 5.95. The van der Waals surface area contributed by atoms with E-state index in [1.807, 2.05) is 0 Å². The predicted octanol–water partition coefficient (Wildman–Crippen LogP) is 1.38. The van der Waals surface area contributed by atoms with Crippen LogP contribution in [0.3, 0.4) is 0 Å². The molecule has 0 amide bonds. The summed E-state index contributed by atoms with van der Waals surface area (Å²) in [5.41, 5.74) is 11.7. The van der Waals surface area contributed by atoms with Crippen LogP contribution in [-0.4, -0.2) is 36.4 Å². The third kappa shape index (κ3) is 5.65. The van der Waals surface area contributed by atoms with E-state index in [1.165, 1.54) is 6.42 Å². The average molecular weight is 257 g/mol. The third-order valence-electron chi connectivity index (χ3n) is 3.51. The number of hydrogen-bond acceptors (Lipinski definition) is 4. The molecule has 0 radical (unpaired) electrons. The molecule has 1 atom stereocenters. The van der Waals surface area contributed by atoms with Gasteiger partial charge in [0.1, 0.15) is 0 Å². The van der Waals surface area contributed by atoms with Gasteiger partial charge < -0.3 is 21.5 Å². The Morgan fingerprint density at radius 1 is 1.17 bits per heavy atom. The second-order valence-corrected chi connectivity index (χ2v) is 6.93. The van der Waals surface area contributed by atoms with Gasteiger partial charge in [0, 0.05) is 30.3 Å². The molecule has 2 fully saturated rings. The Bertz CT molecular complexity index is 231. The first kappa shape index (κ1) is 15.9. The summed E-state index contributed by atoms with van der Waals surface area (Å²) >= 11 is 0. The highest BCUT2D eigenvalue weighted by Crippen LogP contribution is 2.26. The number of nitrogens with one attached hydrogen (secondary N) is 1. The normalized spacial score (nSPS) is 30.7. The van der Waals surface area contributed by atoms with Crippen LogP contribution in [0.4, 0.5) is 0 Å². The van der Waals surface area contributed by atoms with Crippen LogP contribution in [0.15, 0.2) is 0 Å². The standard InChI is InChI=1S/C9H20N2.C5H11NO/c1-8(2)5-7(10)6-9(3,4)11-8;6-4-5-2-1-3-7-5/h7,11H,5-6,10H2,1-4H3;5H,1-4,6H2. The molecule has 0 spiro atoms. The molecule has 18 heavy (non-hydrogen) atoms. The van der Waals surface area contributed by atoms with Crippen LogP contribution in [-0.2, 0) is 4.74 Å². The van der Waals surface area contributed by atoms with Crippen molar-refractivity contribution in [2.45, 2.75) is 76.6 Å². The lowest BCUT2D eigenvalue weighted by Gasteiger charge is -2.45. The van der Waals surface area contributed by atoms with Crippen LogP contribution in [0, 0.1) is 0 Å². The van der Waals surface area contributed by atoms with Crippen molar-refractivity contribution in [3.63, 3.8) is 0 Å². The Morgan fingerprint density at radius 3 is 2.00 bits per heavy atom. The molecule has 108 valence electrons. The van der Waals surface area contributed by atoms with Gasteiger partial charge in [-0.05, 0) is 53.4 Å². The molecule has 0 bridgehead atoms. The third-order valence-corrected chi connectivity index (χ3v) is 3.51. The minimum Gasteiger partial charge on any atom is -0.377 e. The highest BCUT2D eigenvalue weighted by molar-refractivity contribution is 4.98. The molecule has 0 aromatic rings. The lowest BCUT2D eigenvalue weighted by Crippen LogP contribution is -2.60. The van der Waals surface area contributed by atoms with E-state index >= 15 is 0 Å². The van der Waals surface area contributed by atoms with Crippen molar-refractivity contribution in [2.24, 2.45) is 11.5 Å². The first-order chi connectivity index (χ1) is 8.24. The van der Waals surface area contributed by atoms with Crippen LogP contribution in [0.1, 0.15) is 53.4 Å². The van der Waals surface area contributed by atoms with Gasteiger partial charge in [0.15, 0.2) is 0 Å². The van der Waals surface area contributed by atoms with Crippen molar-refractivity contribution in [1.82, 2.24) is 5.32 Å². The van der Waals surface area contributed by atoms with Crippen molar-refractivity contribution in [3.8, 4) is 0 Å². The second-order valence-electron chi connectivity index (χ2n) is 6.93. The van der Waals surface area contributed by atoms with Crippen LogP contribution in [0.25, 0.3) is 0 Å². The summed E-state index contributed by atoms with van der Waals surface area (Å²) in [6.07, 6.45) is 4.89. The first-order valence-electron chi connectivity index (χ1n) is 7.11. The van der Waals surface area contributed by atoms with Gasteiger partial charge in [0.25, 0.3) is 0 Å². The fourth-order valence-corrected chi connectivity index (χ4v) is 3.23. The molecule has 4 nitrogen and oxygen atoms in total. The summed E-state index contributed by atoms with van der Waals surface area (Å²) in [7, 11) is 0. The van der Waals surface area contributed by atoms with Gasteiger partial charge in [-0.1, -0.05) is 0 Å². The van der Waals surface area contributed by atoms with Gasteiger partial charge in [-0.3, -0.25) is 0 Å². The second kappa shape index (κ2) is 6.33. The summed E-state index contributed by atoms with van der Waals surface area (Å²) in [6, 6.07) is 0.362. The fourth-order valence-electron chi connectivity index (χ4n) is 3.23. The Labute approximate surface area is 112 Å². The number of nitrogens with two attached hydrogens (primary N) is 2. The van der Waals surface area contributed by atoms with Gasteiger partial charge in [-0.25, -0.2) is 0 Å². The lowest BCUT2D eigenvalue weighted by atomic mass is 9.80. The molecule has 0 aliphatic carbocycles. The highest BCUT2D eigenvalue weighted by atomic mass is 16.5. The summed E-state index contributed by atoms with van der Waals surface area (Å²) < 4.78 is 5.18. The fraction of sp³-hybridized carbons (Fsp3) is 1.00. The smallest absolute Gasteiger partial charge is 0.0698 e. The molecule has 4 heteroatoms. The van der Waals surface area contributed by atoms with Crippen LogP contribution in [0.2, 0.25) is 0 Å². The zero-order chi connectivity index (χ0) is 13.8. The highest BCUT2D eigenvalue weighted by Gasteiger charge is 2.35. The van der Waals surface area contributed by atoms with E-state index in [9.17, 15) is 0 Å². The van der Waals surface area contributed by atoms with Gasteiger partial charge in [-0.2, -0.15) is 0 Å². The molecule has 5 N–H and O–H groups in total. The van der Waals surface area contributed by atoms with Crippen LogP contribution in [0.5, 0.6) is 0 Å². The lowest BCUT2D eigenvalue weighted by molar-refractivity contribution is 0.117. The molecule has 1 unspecified atom stereocenters. The topological polar surface area (TPSA) is 73.3 Å². The number of rotatable bonds is 1. The first-order valence-corrected chi connectivity index (χ1v) is 7.11. The SMILES string of the molecule is CC1(C)CC(N)CC(C)(C)N1.NCC1CCCO1. The molecule has 0 aromatic carbocycles.